The van der Waals surface area contributed by atoms with Crippen LogP contribution in [0.4, 0.5) is 0 Å². The van der Waals surface area contributed by atoms with Crippen LogP contribution in [0, 0.1) is 0 Å². The molecule has 1 fully saturated rings. The average Bonchev–Trinajstić information content (AvgIpc) is 2.76. The van der Waals surface area contributed by atoms with Crippen LogP contribution in [-0.2, 0) is 11.3 Å². The van der Waals surface area contributed by atoms with Crippen LogP contribution in [0.3, 0.4) is 0 Å². The van der Waals surface area contributed by atoms with Crippen LogP contribution < -0.4 is 5.32 Å². The second-order valence-electron chi connectivity index (χ2n) is 4.34. The minimum atomic E-state index is 0.315. The fourth-order valence-electron chi connectivity index (χ4n) is 2.05. The normalized spacial score (nSPS) is 15.5. The molecule has 0 bridgehead atoms. The quantitative estimate of drug-likeness (QED) is 0.751. The molecule has 17 heavy (non-hydrogen) atoms. The van der Waals surface area contributed by atoms with E-state index in [4.69, 9.17) is 0 Å². The first-order valence-corrected chi connectivity index (χ1v) is 6.24. The van der Waals surface area contributed by atoms with Crippen LogP contribution in [0.2, 0.25) is 0 Å². The Morgan fingerprint density at radius 2 is 2.35 bits per heavy atom. The highest BCUT2D eigenvalue weighted by molar-refractivity contribution is 5.77. The van der Waals surface area contributed by atoms with Gasteiger partial charge in [-0.3, -0.25) is 9.78 Å². The molecule has 1 aromatic heterocycles. The Balaban J connectivity index is 1.56. The summed E-state index contributed by atoms with van der Waals surface area (Å²) in [4.78, 5) is 17.6. The van der Waals surface area contributed by atoms with Gasteiger partial charge in [-0.2, -0.15) is 0 Å². The van der Waals surface area contributed by atoms with Crippen molar-refractivity contribution >= 4 is 5.91 Å². The lowest BCUT2D eigenvalue weighted by Crippen LogP contribution is -2.28. The van der Waals surface area contributed by atoms with Crippen molar-refractivity contribution in [3.8, 4) is 0 Å². The maximum absolute atomic E-state index is 11.4. The van der Waals surface area contributed by atoms with E-state index in [1.807, 2.05) is 23.1 Å². The summed E-state index contributed by atoms with van der Waals surface area (Å²) < 4.78 is 0. The summed E-state index contributed by atoms with van der Waals surface area (Å²) in [6.45, 7) is 3.56. The SMILES string of the molecule is O=C1CCCN1CCCNCc1ccccn1. The summed E-state index contributed by atoms with van der Waals surface area (Å²) in [5.74, 6) is 0.315. The van der Waals surface area contributed by atoms with Crippen molar-refractivity contribution in [1.82, 2.24) is 15.2 Å². The zero-order valence-corrected chi connectivity index (χ0v) is 10.1. The molecule has 0 atom stereocenters. The fourth-order valence-corrected chi connectivity index (χ4v) is 2.05. The maximum atomic E-state index is 11.4. The predicted molar refractivity (Wildman–Crippen MR) is 66.4 cm³/mol. The zero-order chi connectivity index (χ0) is 11.9. The molecule has 4 nitrogen and oxygen atoms in total. The third-order valence-electron chi connectivity index (χ3n) is 2.99. The molecule has 0 aliphatic carbocycles. The Bertz CT molecular complexity index is 353. The van der Waals surface area contributed by atoms with Crippen LogP contribution in [0.5, 0.6) is 0 Å². The van der Waals surface area contributed by atoms with Gasteiger partial charge in [0.25, 0.3) is 0 Å². The molecule has 0 aromatic carbocycles. The van der Waals surface area contributed by atoms with E-state index in [9.17, 15) is 4.79 Å². The molecule has 1 amide bonds. The van der Waals surface area contributed by atoms with Crippen molar-refractivity contribution in [2.75, 3.05) is 19.6 Å². The summed E-state index contributed by atoms with van der Waals surface area (Å²) in [6, 6.07) is 5.92. The van der Waals surface area contributed by atoms with Gasteiger partial charge in [0.15, 0.2) is 0 Å². The first-order valence-electron chi connectivity index (χ1n) is 6.24. The van der Waals surface area contributed by atoms with E-state index in [0.717, 1.165) is 51.1 Å². The zero-order valence-electron chi connectivity index (χ0n) is 10.1. The smallest absolute Gasteiger partial charge is 0.222 e. The van der Waals surface area contributed by atoms with Crippen molar-refractivity contribution < 1.29 is 4.79 Å². The van der Waals surface area contributed by atoms with E-state index in [1.165, 1.54) is 0 Å². The van der Waals surface area contributed by atoms with Gasteiger partial charge in [-0.15, -0.1) is 0 Å². The average molecular weight is 233 g/mol. The number of carbonyl (C=O) groups is 1. The molecule has 0 saturated carbocycles. The molecule has 1 saturated heterocycles. The van der Waals surface area contributed by atoms with Crippen LogP contribution >= 0.6 is 0 Å². The van der Waals surface area contributed by atoms with Gasteiger partial charge in [-0.1, -0.05) is 6.07 Å². The van der Waals surface area contributed by atoms with Crippen molar-refractivity contribution in [3.63, 3.8) is 0 Å². The highest BCUT2D eigenvalue weighted by Crippen LogP contribution is 2.09. The van der Waals surface area contributed by atoms with Crippen LogP contribution in [0.25, 0.3) is 0 Å². The van der Waals surface area contributed by atoms with Gasteiger partial charge in [0.1, 0.15) is 0 Å². The maximum Gasteiger partial charge on any atom is 0.222 e. The molecule has 0 spiro atoms. The minimum absolute atomic E-state index is 0.315. The Hall–Kier alpha value is -1.42. The van der Waals surface area contributed by atoms with Crippen LogP contribution in [-0.4, -0.2) is 35.4 Å². The van der Waals surface area contributed by atoms with Gasteiger partial charge in [-0.25, -0.2) is 0 Å². The Labute approximate surface area is 102 Å². The third-order valence-corrected chi connectivity index (χ3v) is 2.99. The Kier molecular flexibility index (Phi) is 4.50. The molecule has 1 aliphatic heterocycles. The van der Waals surface area contributed by atoms with Crippen molar-refractivity contribution in [1.29, 1.82) is 0 Å². The lowest BCUT2D eigenvalue weighted by atomic mass is 10.3. The number of nitrogens with one attached hydrogen (secondary N) is 1. The minimum Gasteiger partial charge on any atom is -0.343 e. The summed E-state index contributed by atoms with van der Waals surface area (Å²) in [7, 11) is 0. The number of amides is 1. The van der Waals surface area contributed by atoms with E-state index in [-0.39, 0.29) is 0 Å². The first-order chi connectivity index (χ1) is 8.36. The van der Waals surface area contributed by atoms with Gasteiger partial charge in [0.05, 0.1) is 5.69 Å². The molecule has 2 heterocycles. The van der Waals surface area contributed by atoms with Gasteiger partial charge < -0.3 is 10.2 Å². The second kappa shape index (κ2) is 6.35. The number of likely N-dealkylation sites (tertiary alicyclic amines) is 1. The Morgan fingerprint density at radius 3 is 3.06 bits per heavy atom. The van der Waals surface area contributed by atoms with Gasteiger partial charge in [-0.05, 0) is 31.5 Å². The van der Waals surface area contributed by atoms with Gasteiger partial charge in [0.2, 0.25) is 5.91 Å². The highest BCUT2D eigenvalue weighted by Gasteiger charge is 2.18. The number of rotatable bonds is 6. The molecule has 1 aliphatic rings. The third kappa shape index (κ3) is 3.82. The highest BCUT2D eigenvalue weighted by atomic mass is 16.2. The fraction of sp³-hybridized carbons (Fsp3) is 0.538. The number of carbonyl (C=O) groups excluding carboxylic acids is 1. The lowest BCUT2D eigenvalue weighted by molar-refractivity contribution is -0.127. The number of hydrogen-bond donors (Lipinski definition) is 1. The molecule has 0 radical (unpaired) electrons. The molecular formula is C13H19N3O. The van der Waals surface area contributed by atoms with Crippen molar-refractivity contribution in [3.05, 3.63) is 30.1 Å². The van der Waals surface area contributed by atoms with E-state index in [1.54, 1.807) is 6.20 Å². The summed E-state index contributed by atoms with van der Waals surface area (Å²) in [5, 5.41) is 3.34. The molecule has 1 N–H and O–H groups in total. The lowest BCUT2D eigenvalue weighted by Gasteiger charge is -2.15. The Morgan fingerprint density at radius 1 is 1.41 bits per heavy atom. The molecule has 4 heteroatoms. The summed E-state index contributed by atoms with van der Waals surface area (Å²) in [6.07, 6.45) is 4.58. The molecule has 2 rings (SSSR count). The number of pyridine rings is 1. The summed E-state index contributed by atoms with van der Waals surface area (Å²) >= 11 is 0. The first kappa shape index (κ1) is 12.0. The predicted octanol–water partition coefficient (Wildman–Crippen LogP) is 1.18. The standard InChI is InChI=1S/C13H19N3O/c17-13-6-3-9-16(13)10-4-7-14-11-12-5-1-2-8-15-12/h1-2,5,8,14H,3-4,6-7,9-11H2. The molecule has 92 valence electrons. The number of hydrogen-bond acceptors (Lipinski definition) is 3. The topological polar surface area (TPSA) is 45.2 Å². The summed E-state index contributed by atoms with van der Waals surface area (Å²) in [5.41, 5.74) is 1.06. The molecule has 1 aromatic rings. The van der Waals surface area contributed by atoms with Gasteiger partial charge in [0, 0.05) is 32.3 Å². The van der Waals surface area contributed by atoms with Crippen molar-refractivity contribution in [2.24, 2.45) is 0 Å². The van der Waals surface area contributed by atoms with E-state index >= 15 is 0 Å². The number of nitrogens with zero attached hydrogens (tertiary/aromatic N) is 2. The molecule has 0 unspecified atom stereocenters. The monoisotopic (exact) mass is 233 g/mol. The van der Waals surface area contributed by atoms with Crippen LogP contribution in [0.15, 0.2) is 24.4 Å². The largest absolute Gasteiger partial charge is 0.343 e. The van der Waals surface area contributed by atoms with E-state index in [0.29, 0.717) is 5.91 Å². The van der Waals surface area contributed by atoms with Crippen molar-refractivity contribution in [2.45, 2.75) is 25.8 Å². The van der Waals surface area contributed by atoms with Crippen LogP contribution in [0.1, 0.15) is 25.0 Å². The number of aromatic nitrogens is 1. The van der Waals surface area contributed by atoms with E-state index < -0.39 is 0 Å². The second-order valence-corrected chi connectivity index (χ2v) is 4.34. The molecular weight excluding hydrogens is 214 g/mol. The van der Waals surface area contributed by atoms with Gasteiger partial charge >= 0.3 is 0 Å². The van der Waals surface area contributed by atoms with E-state index in [2.05, 4.69) is 10.3 Å².